The van der Waals surface area contributed by atoms with Gasteiger partial charge in [-0.15, -0.1) is 10.2 Å². The van der Waals surface area contributed by atoms with Crippen molar-refractivity contribution in [2.45, 2.75) is 6.18 Å². The molecule has 1 saturated heterocycles. The molecule has 1 N–H and O–H groups in total. The van der Waals surface area contributed by atoms with Crippen molar-refractivity contribution in [1.82, 2.24) is 20.1 Å². The number of anilines is 2. The lowest BCUT2D eigenvalue weighted by Crippen LogP contribution is -2.49. The maximum atomic E-state index is 13.3. The van der Waals surface area contributed by atoms with Gasteiger partial charge in [-0.05, 0) is 30.3 Å². The number of nitrogens with zero attached hydrogens (tertiary/aromatic N) is 6. The van der Waals surface area contributed by atoms with Crippen LogP contribution in [0.5, 0.6) is 5.88 Å². The molecule has 36 heavy (non-hydrogen) atoms. The van der Waals surface area contributed by atoms with Crippen LogP contribution in [0.2, 0.25) is 0 Å². The number of hydrogen-bond acceptors (Lipinski definition) is 8. The second-order valence-electron chi connectivity index (χ2n) is 7.61. The summed E-state index contributed by atoms with van der Waals surface area (Å²) in [6.07, 6.45) is -4.17. The summed E-state index contributed by atoms with van der Waals surface area (Å²) in [5.74, 6) is -0.101. The van der Waals surface area contributed by atoms with E-state index in [1.165, 1.54) is 47.5 Å². The summed E-state index contributed by atoms with van der Waals surface area (Å²) in [6.45, 7) is 1.06. The van der Waals surface area contributed by atoms with E-state index < -0.39 is 23.7 Å². The number of aromatic nitrogens is 3. The van der Waals surface area contributed by atoms with E-state index in [4.69, 9.17) is 10.00 Å². The normalized spacial score (nSPS) is 13.6. The van der Waals surface area contributed by atoms with Crippen molar-refractivity contribution in [3.8, 4) is 11.9 Å². The third-order valence-electron chi connectivity index (χ3n) is 5.30. The highest BCUT2D eigenvalue weighted by atomic mass is 19.4. The molecule has 0 unspecified atom stereocenters. The first-order chi connectivity index (χ1) is 17.2. The van der Waals surface area contributed by atoms with Gasteiger partial charge in [0.2, 0.25) is 5.88 Å². The van der Waals surface area contributed by atoms with Crippen LogP contribution in [0.25, 0.3) is 0 Å². The van der Waals surface area contributed by atoms with Gasteiger partial charge in [0.1, 0.15) is 11.9 Å². The van der Waals surface area contributed by atoms with Gasteiger partial charge in [-0.2, -0.15) is 18.4 Å². The molecule has 1 aliphatic rings. The molecule has 0 aliphatic carbocycles. The Bertz CT molecular complexity index is 1280. The molecule has 3 heterocycles. The van der Waals surface area contributed by atoms with Crippen LogP contribution in [0.3, 0.4) is 0 Å². The lowest BCUT2D eigenvalue weighted by molar-refractivity contribution is -0.138. The number of halogens is 3. The molecular formula is C23H18F3N7O3. The number of carbonyl (C=O) groups excluding carboxylic acids is 2. The third-order valence-corrected chi connectivity index (χ3v) is 5.30. The van der Waals surface area contributed by atoms with Gasteiger partial charge in [-0.1, -0.05) is 12.1 Å². The average Bonchev–Trinajstić information content (AvgIpc) is 2.89. The first kappa shape index (κ1) is 24.4. The molecule has 13 heteroatoms. The highest BCUT2D eigenvalue weighted by Crippen LogP contribution is 2.32. The van der Waals surface area contributed by atoms with Crippen molar-refractivity contribution in [2.24, 2.45) is 0 Å². The second kappa shape index (κ2) is 10.3. The van der Waals surface area contributed by atoms with Gasteiger partial charge in [0, 0.05) is 38.4 Å². The number of benzene rings is 1. The van der Waals surface area contributed by atoms with E-state index in [1.807, 2.05) is 11.0 Å². The maximum Gasteiger partial charge on any atom is 0.419 e. The van der Waals surface area contributed by atoms with E-state index in [2.05, 4.69) is 20.5 Å². The quantitative estimate of drug-likeness (QED) is 0.582. The summed E-state index contributed by atoms with van der Waals surface area (Å²) < 4.78 is 44.9. The standard InChI is InChI=1S/C23H18F3N7O3/c24-23(25,26)17-4-2-1-3-16(17)21(34)33-11-9-32(10-12-33)19-7-8-20(31-30-19)36-22(35)29-18-6-5-15(13-27)14-28-18/h1-8,14H,9-12H2,(H,28,29,35). The minimum atomic E-state index is -4.62. The van der Waals surface area contributed by atoms with Crippen LogP contribution in [0.15, 0.2) is 54.7 Å². The number of nitrogens with one attached hydrogen (secondary N) is 1. The van der Waals surface area contributed by atoms with Gasteiger partial charge in [-0.3, -0.25) is 10.1 Å². The summed E-state index contributed by atoms with van der Waals surface area (Å²) in [5.41, 5.74) is -1.00. The van der Waals surface area contributed by atoms with Gasteiger partial charge < -0.3 is 14.5 Å². The summed E-state index contributed by atoms with van der Waals surface area (Å²) in [6, 6.07) is 12.6. The Labute approximate surface area is 202 Å². The Morgan fingerprint density at radius 1 is 1.00 bits per heavy atom. The van der Waals surface area contributed by atoms with E-state index >= 15 is 0 Å². The Morgan fingerprint density at radius 2 is 1.75 bits per heavy atom. The Morgan fingerprint density at radius 3 is 2.36 bits per heavy atom. The number of alkyl halides is 3. The number of amides is 2. The molecule has 10 nitrogen and oxygen atoms in total. The average molecular weight is 497 g/mol. The molecule has 1 aliphatic heterocycles. The monoisotopic (exact) mass is 497 g/mol. The van der Waals surface area contributed by atoms with Crippen LogP contribution in [-0.2, 0) is 6.18 Å². The van der Waals surface area contributed by atoms with Crippen molar-refractivity contribution < 1.29 is 27.5 Å². The summed E-state index contributed by atoms with van der Waals surface area (Å²) in [5, 5.41) is 19.0. The number of ether oxygens (including phenoxy) is 1. The number of nitriles is 1. The van der Waals surface area contributed by atoms with Crippen LogP contribution >= 0.6 is 0 Å². The molecule has 184 valence electrons. The zero-order valence-electron chi connectivity index (χ0n) is 18.6. The van der Waals surface area contributed by atoms with Gasteiger partial charge in [0.25, 0.3) is 5.91 Å². The number of carbonyl (C=O) groups is 2. The van der Waals surface area contributed by atoms with E-state index in [1.54, 1.807) is 6.07 Å². The van der Waals surface area contributed by atoms with E-state index in [0.29, 0.717) is 24.5 Å². The molecule has 3 aromatic rings. The van der Waals surface area contributed by atoms with Crippen molar-refractivity contribution in [3.05, 3.63) is 71.4 Å². The highest BCUT2D eigenvalue weighted by molar-refractivity contribution is 5.96. The summed E-state index contributed by atoms with van der Waals surface area (Å²) in [4.78, 5) is 31.8. The van der Waals surface area contributed by atoms with Crippen LogP contribution in [0.1, 0.15) is 21.5 Å². The van der Waals surface area contributed by atoms with Crippen molar-refractivity contribution in [2.75, 3.05) is 36.4 Å². The third kappa shape index (κ3) is 5.66. The molecule has 0 radical (unpaired) electrons. The molecular weight excluding hydrogens is 479 g/mol. The fourth-order valence-electron chi connectivity index (χ4n) is 3.52. The minimum Gasteiger partial charge on any atom is -0.389 e. The van der Waals surface area contributed by atoms with Crippen LogP contribution in [0.4, 0.5) is 29.6 Å². The molecule has 4 rings (SSSR count). The molecule has 0 bridgehead atoms. The lowest BCUT2D eigenvalue weighted by Gasteiger charge is -2.35. The zero-order valence-corrected chi connectivity index (χ0v) is 18.6. The summed E-state index contributed by atoms with van der Waals surface area (Å²) in [7, 11) is 0. The largest absolute Gasteiger partial charge is 0.419 e. The van der Waals surface area contributed by atoms with Gasteiger partial charge in [0.05, 0.1) is 16.7 Å². The molecule has 0 atom stereocenters. The Balaban J connectivity index is 1.32. The SMILES string of the molecule is N#Cc1ccc(NC(=O)Oc2ccc(N3CCN(C(=O)c4ccccc4C(F)(F)F)CC3)nn2)nc1. The Hall–Kier alpha value is -4.73. The predicted octanol–water partition coefficient (Wildman–Crippen LogP) is 3.34. The first-order valence-corrected chi connectivity index (χ1v) is 10.6. The van der Waals surface area contributed by atoms with Crippen LogP contribution < -0.4 is 15.0 Å². The van der Waals surface area contributed by atoms with E-state index in [-0.39, 0.29) is 30.4 Å². The van der Waals surface area contributed by atoms with Gasteiger partial charge in [-0.25, -0.2) is 9.78 Å². The number of pyridine rings is 1. The number of hydrogen-bond donors (Lipinski definition) is 1. The maximum absolute atomic E-state index is 13.3. The first-order valence-electron chi connectivity index (χ1n) is 10.6. The fourth-order valence-corrected chi connectivity index (χ4v) is 3.52. The molecule has 1 fully saturated rings. The topological polar surface area (TPSA) is 124 Å². The molecule has 2 amide bonds. The van der Waals surface area contributed by atoms with Crippen LogP contribution in [0, 0.1) is 11.3 Å². The highest BCUT2D eigenvalue weighted by Gasteiger charge is 2.36. The van der Waals surface area contributed by atoms with E-state index in [0.717, 1.165) is 6.07 Å². The zero-order chi connectivity index (χ0) is 25.7. The molecule has 0 saturated carbocycles. The van der Waals surface area contributed by atoms with Crippen molar-refractivity contribution in [3.63, 3.8) is 0 Å². The van der Waals surface area contributed by atoms with Crippen molar-refractivity contribution >= 4 is 23.6 Å². The summed E-state index contributed by atoms with van der Waals surface area (Å²) >= 11 is 0. The van der Waals surface area contributed by atoms with E-state index in [9.17, 15) is 22.8 Å². The molecule has 1 aromatic carbocycles. The lowest BCUT2D eigenvalue weighted by atomic mass is 10.1. The molecule has 2 aromatic heterocycles. The van der Waals surface area contributed by atoms with Gasteiger partial charge >= 0.3 is 12.3 Å². The number of rotatable bonds is 4. The smallest absolute Gasteiger partial charge is 0.389 e. The Kier molecular flexibility index (Phi) is 6.95. The van der Waals surface area contributed by atoms with Crippen molar-refractivity contribution in [1.29, 1.82) is 5.26 Å². The number of piperazine rings is 1. The van der Waals surface area contributed by atoms with Gasteiger partial charge in [0.15, 0.2) is 5.82 Å². The minimum absolute atomic E-state index is 0.0672. The molecule has 0 spiro atoms. The fraction of sp³-hybridized carbons (Fsp3) is 0.217. The predicted molar refractivity (Wildman–Crippen MR) is 120 cm³/mol. The van der Waals surface area contributed by atoms with Crippen LogP contribution in [-0.4, -0.2) is 58.3 Å². The second-order valence-corrected chi connectivity index (χ2v) is 7.61.